The highest BCUT2D eigenvalue weighted by Crippen LogP contribution is 2.22. The van der Waals surface area contributed by atoms with Crippen molar-refractivity contribution in [1.29, 1.82) is 5.26 Å². The molecule has 0 aliphatic rings. The minimum absolute atomic E-state index is 0.335. The Labute approximate surface area is 172 Å². The monoisotopic (exact) mass is 406 g/mol. The van der Waals surface area contributed by atoms with Crippen molar-refractivity contribution in [2.24, 2.45) is 0 Å². The van der Waals surface area contributed by atoms with E-state index in [1.54, 1.807) is 35.7 Å². The Kier molecular flexibility index (Phi) is 6.61. The second-order valence-electron chi connectivity index (χ2n) is 6.11. The number of ether oxygens (including phenoxy) is 2. The maximum Gasteiger partial charge on any atom is 0.338 e. The summed E-state index contributed by atoms with van der Waals surface area (Å²) < 4.78 is 10.9. The van der Waals surface area contributed by atoms with E-state index in [0.29, 0.717) is 22.7 Å². The molecule has 7 heteroatoms. The van der Waals surface area contributed by atoms with Crippen LogP contribution in [0.15, 0.2) is 66.0 Å². The molecule has 0 aliphatic heterocycles. The number of anilines is 1. The first-order chi connectivity index (χ1) is 14.1. The molecule has 3 rings (SSSR count). The van der Waals surface area contributed by atoms with E-state index in [1.807, 2.05) is 36.4 Å². The number of rotatable bonds is 7. The molecule has 0 spiro atoms. The number of para-hydroxylation sites is 1. The SMILES string of the molecule is C[C@H](OC(=O)c1ccc(COc2ccccc2)cc1)C(=O)Nc1sccc1C#N. The third-order valence-electron chi connectivity index (χ3n) is 4.01. The second kappa shape index (κ2) is 9.53. The zero-order valence-electron chi connectivity index (χ0n) is 15.6. The molecule has 0 bridgehead atoms. The van der Waals surface area contributed by atoms with E-state index in [9.17, 15) is 9.59 Å². The number of carbonyl (C=O) groups is 2. The van der Waals surface area contributed by atoms with E-state index in [1.165, 1.54) is 18.3 Å². The van der Waals surface area contributed by atoms with Gasteiger partial charge in [0.05, 0.1) is 11.1 Å². The lowest BCUT2D eigenvalue weighted by Gasteiger charge is -2.13. The fourth-order valence-electron chi connectivity index (χ4n) is 2.41. The maximum absolute atomic E-state index is 12.3. The Morgan fingerprint density at radius 1 is 1.10 bits per heavy atom. The van der Waals surface area contributed by atoms with E-state index >= 15 is 0 Å². The van der Waals surface area contributed by atoms with Gasteiger partial charge in [-0.3, -0.25) is 4.79 Å². The maximum atomic E-state index is 12.3. The van der Waals surface area contributed by atoms with Crippen molar-refractivity contribution < 1.29 is 19.1 Å². The van der Waals surface area contributed by atoms with Gasteiger partial charge in [-0.25, -0.2) is 4.79 Å². The minimum Gasteiger partial charge on any atom is -0.489 e. The summed E-state index contributed by atoms with van der Waals surface area (Å²) in [6, 6.07) is 19.8. The summed E-state index contributed by atoms with van der Waals surface area (Å²) in [5.74, 6) is -0.332. The van der Waals surface area contributed by atoms with Gasteiger partial charge in [-0.1, -0.05) is 30.3 Å². The number of carbonyl (C=O) groups excluding carboxylic acids is 2. The summed E-state index contributed by atoms with van der Waals surface area (Å²) in [7, 11) is 0. The van der Waals surface area contributed by atoms with E-state index in [2.05, 4.69) is 5.32 Å². The zero-order chi connectivity index (χ0) is 20.6. The van der Waals surface area contributed by atoms with Crippen LogP contribution in [0.4, 0.5) is 5.00 Å². The molecule has 0 saturated heterocycles. The first kappa shape index (κ1) is 20.1. The summed E-state index contributed by atoms with van der Waals surface area (Å²) in [4.78, 5) is 24.5. The average molecular weight is 406 g/mol. The van der Waals surface area contributed by atoms with Crippen LogP contribution < -0.4 is 10.1 Å². The van der Waals surface area contributed by atoms with Crippen LogP contribution in [0, 0.1) is 11.3 Å². The number of nitrogens with zero attached hydrogens (tertiary/aromatic N) is 1. The van der Waals surface area contributed by atoms with Crippen molar-refractivity contribution in [2.45, 2.75) is 19.6 Å². The first-order valence-electron chi connectivity index (χ1n) is 8.83. The van der Waals surface area contributed by atoms with E-state index < -0.39 is 18.0 Å². The molecular formula is C22H18N2O4S. The fraction of sp³-hybridized carbons (Fsp3) is 0.136. The number of hydrogen-bond acceptors (Lipinski definition) is 6. The minimum atomic E-state index is -1.00. The molecule has 0 unspecified atom stereocenters. The van der Waals surface area contributed by atoms with Gasteiger partial charge in [0.1, 0.15) is 23.4 Å². The van der Waals surface area contributed by atoms with Crippen LogP contribution in [0.2, 0.25) is 0 Å². The van der Waals surface area contributed by atoms with Crippen molar-refractivity contribution in [3.05, 3.63) is 82.7 Å². The lowest BCUT2D eigenvalue weighted by molar-refractivity contribution is -0.123. The Morgan fingerprint density at radius 3 is 2.52 bits per heavy atom. The lowest BCUT2D eigenvalue weighted by Crippen LogP contribution is -2.29. The van der Waals surface area contributed by atoms with Gasteiger partial charge < -0.3 is 14.8 Å². The average Bonchev–Trinajstić information content (AvgIpc) is 3.20. The van der Waals surface area contributed by atoms with Crippen molar-refractivity contribution in [2.75, 3.05) is 5.32 Å². The van der Waals surface area contributed by atoms with Gasteiger partial charge in [-0.05, 0) is 48.2 Å². The van der Waals surface area contributed by atoms with Crippen molar-refractivity contribution in [1.82, 2.24) is 0 Å². The van der Waals surface area contributed by atoms with E-state index in [-0.39, 0.29) is 0 Å². The molecule has 0 fully saturated rings. The van der Waals surface area contributed by atoms with Crippen LogP contribution in [0.1, 0.15) is 28.4 Å². The highest BCUT2D eigenvalue weighted by molar-refractivity contribution is 7.14. The quantitative estimate of drug-likeness (QED) is 0.588. The Bertz CT molecular complexity index is 1020. The number of thiophene rings is 1. The molecule has 29 heavy (non-hydrogen) atoms. The molecule has 3 aromatic rings. The Hall–Kier alpha value is -3.63. The molecular weight excluding hydrogens is 388 g/mol. The standard InChI is InChI=1S/C22H18N2O4S/c1-15(20(25)24-21-18(13-23)11-12-29-21)28-22(26)17-9-7-16(8-10-17)14-27-19-5-3-2-4-6-19/h2-12,15H,14H2,1H3,(H,24,25)/t15-/m0/s1. The number of benzene rings is 2. The number of nitrogens with one attached hydrogen (secondary N) is 1. The van der Waals surface area contributed by atoms with Crippen LogP contribution in [0.3, 0.4) is 0 Å². The third-order valence-corrected chi connectivity index (χ3v) is 4.84. The summed E-state index contributed by atoms with van der Waals surface area (Å²) in [6.45, 7) is 1.86. The fourth-order valence-corrected chi connectivity index (χ4v) is 3.15. The zero-order valence-corrected chi connectivity index (χ0v) is 16.4. The third kappa shape index (κ3) is 5.43. The molecule has 0 aliphatic carbocycles. The van der Waals surface area contributed by atoms with Crippen LogP contribution in [-0.2, 0) is 16.1 Å². The number of nitriles is 1. The van der Waals surface area contributed by atoms with Crippen molar-refractivity contribution in [3.63, 3.8) is 0 Å². The normalized spacial score (nSPS) is 11.2. The second-order valence-corrected chi connectivity index (χ2v) is 7.03. The summed E-state index contributed by atoms with van der Waals surface area (Å²) in [6.07, 6.45) is -1.00. The van der Waals surface area contributed by atoms with Gasteiger partial charge in [0.2, 0.25) is 0 Å². The lowest BCUT2D eigenvalue weighted by atomic mass is 10.1. The number of esters is 1. The molecule has 0 radical (unpaired) electrons. The smallest absolute Gasteiger partial charge is 0.338 e. The van der Waals surface area contributed by atoms with E-state index in [0.717, 1.165) is 11.3 Å². The van der Waals surface area contributed by atoms with Crippen LogP contribution >= 0.6 is 11.3 Å². The van der Waals surface area contributed by atoms with Crippen LogP contribution in [-0.4, -0.2) is 18.0 Å². The Morgan fingerprint density at radius 2 is 1.83 bits per heavy atom. The predicted molar refractivity (Wildman–Crippen MR) is 110 cm³/mol. The molecule has 1 atom stereocenters. The van der Waals surface area contributed by atoms with Gasteiger partial charge in [0.25, 0.3) is 5.91 Å². The highest BCUT2D eigenvalue weighted by Gasteiger charge is 2.20. The first-order valence-corrected chi connectivity index (χ1v) is 9.71. The van der Waals surface area contributed by atoms with E-state index in [4.69, 9.17) is 14.7 Å². The van der Waals surface area contributed by atoms with Gasteiger partial charge in [0, 0.05) is 0 Å². The molecule has 146 valence electrons. The van der Waals surface area contributed by atoms with Gasteiger partial charge in [0.15, 0.2) is 6.10 Å². The molecule has 1 N–H and O–H groups in total. The van der Waals surface area contributed by atoms with Crippen LogP contribution in [0.5, 0.6) is 5.75 Å². The van der Waals surface area contributed by atoms with Crippen molar-refractivity contribution >= 4 is 28.2 Å². The topological polar surface area (TPSA) is 88.4 Å². The molecule has 1 amide bonds. The summed E-state index contributed by atoms with van der Waals surface area (Å²) in [5, 5.41) is 13.7. The number of hydrogen-bond donors (Lipinski definition) is 1. The molecule has 2 aromatic carbocycles. The van der Waals surface area contributed by atoms with Gasteiger partial charge >= 0.3 is 5.97 Å². The summed E-state index contributed by atoms with van der Waals surface area (Å²) >= 11 is 1.23. The Balaban J connectivity index is 1.53. The largest absolute Gasteiger partial charge is 0.489 e. The predicted octanol–water partition coefficient (Wildman–Crippen LogP) is 4.38. The molecule has 1 heterocycles. The van der Waals surface area contributed by atoms with Crippen LogP contribution in [0.25, 0.3) is 0 Å². The number of amides is 1. The summed E-state index contributed by atoms with van der Waals surface area (Å²) in [5.41, 5.74) is 1.61. The van der Waals surface area contributed by atoms with Gasteiger partial charge in [-0.15, -0.1) is 11.3 Å². The van der Waals surface area contributed by atoms with Crippen molar-refractivity contribution in [3.8, 4) is 11.8 Å². The molecule has 6 nitrogen and oxygen atoms in total. The highest BCUT2D eigenvalue weighted by atomic mass is 32.1. The molecule has 0 saturated carbocycles. The van der Waals surface area contributed by atoms with Gasteiger partial charge in [-0.2, -0.15) is 5.26 Å². The molecule has 1 aromatic heterocycles.